The van der Waals surface area contributed by atoms with Gasteiger partial charge in [0, 0.05) is 18.1 Å². The molecule has 0 atom stereocenters. The van der Waals surface area contributed by atoms with Gasteiger partial charge in [-0.2, -0.15) is 0 Å². The summed E-state index contributed by atoms with van der Waals surface area (Å²) in [6, 6.07) is 5.89. The Kier molecular flexibility index (Phi) is 3.67. The molecular weight excluding hydrogens is 250 g/mol. The molecule has 0 saturated heterocycles. The molecule has 94 valence electrons. The van der Waals surface area contributed by atoms with E-state index in [2.05, 4.69) is 10.3 Å². The summed E-state index contributed by atoms with van der Waals surface area (Å²) in [5.41, 5.74) is 3.03. The first-order chi connectivity index (χ1) is 8.56. The number of hydrogen-bond acceptors (Lipinski definition) is 2. The third kappa shape index (κ3) is 2.90. The van der Waals surface area contributed by atoms with Crippen LogP contribution in [0.1, 0.15) is 11.1 Å². The molecule has 0 unspecified atom stereocenters. The average molecular weight is 264 g/mol. The van der Waals surface area contributed by atoms with E-state index in [1.807, 2.05) is 32.0 Å². The minimum absolute atomic E-state index is 0.123. The van der Waals surface area contributed by atoms with Gasteiger partial charge in [-0.3, -0.25) is 4.79 Å². The Bertz CT molecular complexity index is 577. The molecular formula is C13H14ClN3O. The van der Waals surface area contributed by atoms with E-state index in [0.29, 0.717) is 5.28 Å². The molecule has 2 rings (SSSR count). The number of carbonyl (C=O) groups excluding carboxylic acids is 1. The third-order valence-corrected chi connectivity index (χ3v) is 2.95. The van der Waals surface area contributed by atoms with E-state index in [1.165, 1.54) is 5.56 Å². The van der Waals surface area contributed by atoms with Crippen LogP contribution in [0.25, 0.3) is 0 Å². The van der Waals surface area contributed by atoms with Crippen molar-refractivity contribution in [3.63, 3.8) is 0 Å². The maximum absolute atomic E-state index is 11.9. The Morgan fingerprint density at radius 3 is 2.83 bits per heavy atom. The van der Waals surface area contributed by atoms with Crippen molar-refractivity contribution in [3.05, 3.63) is 47.0 Å². The first-order valence-electron chi connectivity index (χ1n) is 5.60. The number of amides is 1. The van der Waals surface area contributed by atoms with E-state index in [1.54, 1.807) is 17.0 Å². The van der Waals surface area contributed by atoms with Crippen molar-refractivity contribution in [1.82, 2.24) is 9.55 Å². The number of rotatable bonds is 3. The molecule has 5 heteroatoms. The largest absolute Gasteiger partial charge is 0.324 e. The molecule has 0 aliphatic rings. The van der Waals surface area contributed by atoms with Crippen LogP contribution in [-0.4, -0.2) is 15.5 Å². The first kappa shape index (κ1) is 12.6. The summed E-state index contributed by atoms with van der Waals surface area (Å²) in [5, 5.41) is 3.17. The van der Waals surface area contributed by atoms with Crippen LogP contribution in [0.2, 0.25) is 5.28 Å². The van der Waals surface area contributed by atoms with Gasteiger partial charge in [-0.05, 0) is 37.1 Å². The number of anilines is 1. The number of aromatic nitrogens is 2. The van der Waals surface area contributed by atoms with Gasteiger partial charge in [-0.25, -0.2) is 4.98 Å². The summed E-state index contributed by atoms with van der Waals surface area (Å²) in [6.07, 6.45) is 3.23. The van der Waals surface area contributed by atoms with E-state index in [-0.39, 0.29) is 12.5 Å². The highest BCUT2D eigenvalue weighted by Gasteiger charge is 2.07. The SMILES string of the molecule is Cc1ccc(NC(=O)Cn2ccnc2Cl)c(C)c1. The van der Waals surface area contributed by atoms with Crippen LogP contribution in [0.4, 0.5) is 5.69 Å². The molecule has 1 heterocycles. The molecule has 0 saturated carbocycles. The number of nitrogens with one attached hydrogen (secondary N) is 1. The second kappa shape index (κ2) is 5.23. The fourth-order valence-electron chi connectivity index (χ4n) is 1.73. The summed E-state index contributed by atoms with van der Waals surface area (Å²) in [7, 11) is 0. The van der Waals surface area contributed by atoms with Crippen molar-refractivity contribution in [2.75, 3.05) is 5.32 Å². The van der Waals surface area contributed by atoms with E-state index in [4.69, 9.17) is 11.6 Å². The molecule has 0 radical (unpaired) electrons. The highest BCUT2D eigenvalue weighted by Crippen LogP contribution is 2.16. The Balaban J connectivity index is 2.05. The molecule has 0 spiro atoms. The molecule has 18 heavy (non-hydrogen) atoms. The predicted molar refractivity (Wildman–Crippen MR) is 71.8 cm³/mol. The number of halogens is 1. The molecule has 0 aliphatic carbocycles. The number of hydrogen-bond donors (Lipinski definition) is 1. The van der Waals surface area contributed by atoms with Gasteiger partial charge in [-0.15, -0.1) is 0 Å². The Morgan fingerprint density at radius 1 is 1.44 bits per heavy atom. The van der Waals surface area contributed by atoms with Crippen LogP contribution in [0.5, 0.6) is 0 Å². The third-order valence-electron chi connectivity index (χ3n) is 2.63. The smallest absolute Gasteiger partial charge is 0.244 e. The van der Waals surface area contributed by atoms with Crippen LogP contribution in [0, 0.1) is 13.8 Å². The monoisotopic (exact) mass is 263 g/mol. The number of carbonyl (C=O) groups is 1. The second-order valence-electron chi connectivity index (χ2n) is 4.19. The Hall–Kier alpha value is -1.81. The van der Waals surface area contributed by atoms with E-state index >= 15 is 0 Å². The fraction of sp³-hybridized carbons (Fsp3) is 0.231. The summed E-state index contributed by atoms with van der Waals surface area (Å²) in [4.78, 5) is 15.7. The standard InChI is InChI=1S/C13H14ClN3O/c1-9-3-4-11(10(2)7-9)16-12(18)8-17-6-5-15-13(17)14/h3-7H,8H2,1-2H3,(H,16,18). The minimum Gasteiger partial charge on any atom is -0.324 e. The zero-order valence-corrected chi connectivity index (χ0v) is 11.0. The van der Waals surface area contributed by atoms with E-state index < -0.39 is 0 Å². The van der Waals surface area contributed by atoms with Crippen LogP contribution in [-0.2, 0) is 11.3 Å². The van der Waals surface area contributed by atoms with Crippen molar-refractivity contribution >= 4 is 23.2 Å². The molecule has 0 bridgehead atoms. The topological polar surface area (TPSA) is 46.9 Å². The van der Waals surface area contributed by atoms with Gasteiger partial charge < -0.3 is 9.88 Å². The van der Waals surface area contributed by atoms with Crippen LogP contribution < -0.4 is 5.32 Å². The van der Waals surface area contributed by atoms with Gasteiger partial charge in [-0.1, -0.05) is 17.7 Å². The van der Waals surface area contributed by atoms with Crippen molar-refractivity contribution < 1.29 is 4.79 Å². The van der Waals surface area contributed by atoms with Gasteiger partial charge >= 0.3 is 0 Å². The molecule has 4 nitrogen and oxygen atoms in total. The Morgan fingerprint density at radius 2 is 2.22 bits per heavy atom. The van der Waals surface area contributed by atoms with Gasteiger partial charge in [0.25, 0.3) is 0 Å². The summed E-state index contributed by atoms with van der Waals surface area (Å²) in [5.74, 6) is -0.123. The highest BCUT2D eigenvalue weighted by molar-refractivity contribution is 6.28. The lowest BCUT2D eigenvalue weighted by molar-refractivity contribution is -0.116. The van der Waals surface area contributed by atoms with Crippen LogP contribution in [0.15, 0.2) is 30.6 Å². The van der Waals surface area contributed by atoms with Crippen molar-refractivity contribution in [2.24, 2.45) is 0 Å². The lowest BCUT2D eigenvalue weighted by Crippen LogP contribution is -2.19. The highest BCUT2D eigenvalue weighted by atomic mass is 35.5. The number of nitrogens with zero attached hydrogens (tertiary/aromatic N) is 2. The number of aryl methyl sites for hydroxylation is 2. The maximum Gasteiger partial charge on any atom is 0.244 e. The lowest BCUT2D eigenvalue weighted by atomic mass is 10.1. The van der Waals surface area contributed by atoms with Gasteiger partial charge in [0.2, 0.25) is 11.2 Å². The zero-order valence-electron chi connectivity index (χ0n) is 10.3. The zero-order chi connectivity index (χ0) is 13.1. The number of imidazole rings is 1. The molecule has 2 aromatic rings. The van der Waals surface area contributed by atoms with Gasteiger partial charge in [0.05, 0.1) is 0 Å². The second-order valence-corrected chi connectivity index (χ2v) is 4.53. The van der Waals surface area contributed by atoms with Gasteiger partial charge in [0.15, 0.2) is 0 Å². The summed E-state index contributed by atoms with van der Waals surface area (Å²) in [6.45, 7) is 4.14. The lowest BCUT2D eigenvalue weighted by Gasteiger charge is -2.09. The van der Waals surface area contributed by atoms with Gasteiger partial charge in [0.1, 0.15) is 6.54 Å². The summed E-state index contributed by atoms with van der Waals surface area (Å²) >= 11 is 5.81. The predicted octanol–water partition coefficient (Wildman–Crippen LogP) is 2.79. The quantitative estimate of drug-likeness (QED) is 0.926. The Labute approximate surface area is 111 Å². The average Bonchev–Trinajstić information content (AvgIpc) is 2.69. The van der Waals surface area contributed by atoms with E-state index in [0.717, 1.165) is 11.3 Å². The van der Waals surface area contributed by atoms with Crippen molar-refractivity contribution in [2.45, 2.75) is 20.4 Å². The number of benzene rings is 1. The summed E-state index contributed by atoms with van der Waals surface area (Å²) < 4.78 is 1.58. The first-order valence-corrected chi connectivity index (χ1v) is 5.98. The molecule has 1 amide bonds. The normalized spacial score (nSPS) is 10.4. The maximum atomic E-state index is 11.9. The van der Waals surface area contributed by atoms with Crippen molar-refractivity contribution in [1.29, 1.82) is 0 Å². The van der Waals surface area contributed by atoms with Crippen molar-refractivity contribution in [3.8, 4) is 0 Å². The van der Waals surface area contributed by atoms with E-state index in [9.17, 15) is 4.79 Å². The fourth-order valence-corrected chi connectivity index (χ4v) is 1.90. The molecule has 0 aliphatic heterocycles. The van der Waals surface area contributed by atoms with Crippen LogP contribution in [0.3, 0.4) is 0 Å². The van der Waals surface area contributed by atoms with Crippen LogP contribution >= 0.6 is 11.6 Å². The molecule has 1 N–H and O–H groups in total. The molecule has 1 aromatic carbocycles. The minimum atomic E-state index is -0.123. The molecule has 1 aromatic heterocycles. The molecule has 0 fully saturated rings.